The lowest BCUT2D eigenvalue weighted by molar-refractivity contribution is -0.224. The number of hydrogen-bond donors (Lipinski definition) is 0. The molecular formula is C38H50F6O. The van der Waals surface area contributed by atoms with Crippen molar-refractivity contribution < 1.29 is 31.1 Å². The molecule has 0 saturated heterocycles. The predicted octanol–water partition coefficient (Wildman–Crippen LogP) is 12.2. The minimum atomic E-state index is -3.55. The fourth-order valence-corrected chi connectivity index (χ4v) is 8.64. The van der Waals surface area contributed by atoms with E-state index in [1.165, 1.54) is 38.5 Å². The van der Waals surface area contributed by atoms with Crippen LogP contribution in [0.25, 0.3) is 0 Å². The van der Waals surface area contributed by atoms with Gasteiger partial charge in [-0.05, 0) is 124 Å². The third-order valence-corrected chi connectivity index (χ3v) is 11.4. The highest BCUT2D eigenvalue weighted by atomic mass is 19.3. The number of hydrogen-bond acceptors (Lipinski definition) is 1. The molecule has 0 N–H and O–H groups in total. The van der Waals surface area contributed by atoms with Gasteiger partial charge in [-0.25, -0.2) is 13.2 Å². The van der Waals surface area contributed by atoms with Crippen molar-refractivity contribution in [2.75, 3.05) is 6.67 Å². The Kier molecular flexibility index (Phi) is 11.8. The highest BCUT2D eigenvalue weighted by molar-refractivity contribution is 5.32. The number of ether oxygens (including phenoxy) is 1. The van der Waals surface area contributed by atoms with Crippen LogP contribution in [-0.2, 0) is 6.42 Å². The van der Waals surface area contributed by atoms with E-state index in [9.17, 15) is 13.2 Å². The molecule has 2 aromatic carbocycles. The van der Waals surface area contributed by atoms with Crippen LogP contribution in [0.3, 0.4) is 0 Å². The summed E-state index contributed by atoms with van der Waals surface area (Å²) in [6.45, 7) is 1.30. The molecule has 0 atom stereocenters. The van der Waals surface area contributed by atoms with Crippen LogP contribution in [0.4, 0.5) is 26.3 Å². The molecule has 0 spiro atoms. The van der Waals surface area contributed by atoms with Crippen LogP contribution in [0.5, 0.6) is 5.75 Å². The van der Waals surface area contributed by atoms with Gasteiger partial charge in [0, 0.05) is 24.1 Å². The molecule has 250 valence electrons. The molecule has 45 heavy (non-hydrogen) atoms. The van der Waals surface area contributed by atoms with Crippen LogP contribution in [0.15, 0.2) is 30.3 Å². The monoisotopic (exact) mass is 636 g/mol. The van der Waals surface area contributed by atoms with Gasteiger partial charge < -0.3 is 4.74 Å². The first-order chi connectivity index (χ1) is 21.7. The first-order valence-electron chi connectivity index (χ1n) is 17.6. The van der Waals surface area contributed by atoms with E-state index < -0.39 is 48.1 Å². The third-order valence-electron chi connectivity index (χ3n) is 11.4. The third kappa shape index (κ3) is 8.60. The standard InChI is InChI=1S/C38H50F6O/c1-2-3-4-5-25-6-8-28(9-7-25)30-16-19-33(35(40)22-30)29-12-10-26(11-13-29)27-14-17-31(18-15-27)38(43,44)45-32-23-36(41)34(20-21-39)37(42)24-32/h16,19,22-29,31H,2-15,17-18,20-21H2,1H3. The van der Waals surface area contributed by atoms with E-state index in [1.807, 2.05) is 6.07 Å². The first-order valence-corrected chi connectivity index (χ1v) is 17.6. The molecule has 0 aliphatic heterocycles. The Hall–Kier alpha value is -2.18. The van der Waals surface area contributed by atoms with E-state index in [0.717, 1.165) is 55.6 Å². The molecule has 0 amide bonds. The SMILES string of the molecule is CCCCCC1CCC(c2ccc(C3CCC(C4CCC(C(F)(F)Oc5cc(F)c(CCF)c(F)c5)CC4)CC3)c(F)c2)CC1. The maximum Gasteiger partial charge on any atom is 0.400 e. The van der Waals surface area contributed by atoms with E-state index in [0.29, 0.717) is 42.7 Å². The summed E-state index contributed by atoms with van der Waals surface area (Å²) >= 11 is 0. The van der Waals surface area contributed by atoms with Gasteiger partial charge in [-0.1, -0.05) is 44.7 Å². The van der Waals surface area contributed by atoms with Crippen molar-refractivity contribution >= 4 is 0 Å². The van der Waals surface area contributed by atoms with Gasteiger partial charge in [0.2, 0.25) is 0 Å². The first kappa shape index (κ1) is 34.2. The molecule has 3 fully saturated rings. The van der Waals surface area contributed by atoms with Gasteiger partial charge >= 0.3 is 6.11 Å². The lowest BCUT2D eigenvalue weighted by Gasteiger charge is -2.39. The molecule has 3 aliphatic rings. The molecule has 0 aromatic heterocycles. The van der Waals surface area contributed by atoms with Gasteiger partial charge in [-0.15, -0.1) is 0 Å². The van der Waals surface area contributed by atoms with Crippen LogP contribution in [0, 0.1) is 41.1 Å². The zero-order chi connectivity index (χ0) is 32.0. The molecule has 3 saturated carbocycles. The highest BCUT2D eigenvalue weighted by Gasteiger charge is 2.45. The summed E-state index contributed by atoms with van der Waals surface area (Å²) in [6.07, 6.45) is 11.7. The van der Waals surface area contributed by atoms with Crippen LogP contribution in [-0.4, -0.2) is 12.8 Å². The van der Waals surface area contributed by atoms with E-state index in [4.69, 9.17) is 4.74 Å². The zero-order valence-corrected chi connectivity index (χ0v) is 26.8. The molecule has 5 rings (SSSR count). The second-order valence-corrected chi connectivity index (χ2v) is 14.2. The smallest absolute Gasteiger partial charge is 0.400 e. The summed E-state index contributed by atoms with van der Waals surface area (Å²) < 4.78 is 91.0. The predicted molar refractivity (Wildman–Crippen MR) is 167 cm³/mol. The average molecular weight is 637 g/mol. The second kappa shape index (κ2) is 15.6. The normalized spacial score (nSPS) is 27.8. The maximum atomic E-state index is 15.4. The summed E-state index contributed by atoms with van der Waals surface area (Å²) in [7, 11) is 0. The lowest BCUT2D eigenvalue weighted by atomic mass is 9.68. The second-order valence-electron chi connectivity index (χ2n) is 14.2. The fraction of sp³-hybridized carbons (Fsp3) is 0.684. The Labute approximate surface area is 265 Å². The van der Waals surface area contributed by atoms with Crippen molar-refractivity contribution in [1.29, 1.82) is 0 Å². The van der Waals surface area contributed by atoms with Gasteiger partial charge in [0.25, 0.3) is 0 Å². The number of benzene rings is 2. The van der Waals surface area contributed by atoms with Crippen LogP contribution >= 0.6 is 0 Å². The van der Waals surface area contributed by atoms with Crippen molar-refractivity contribution in [3.8, 4) is 5.75 Å². The summed E-state index contributed by atoms with van der Waals surface area (Å²) in [5, 5.41) is 0. The molecule has 1 nitrogen and oxygen atoms in total. The number of halogens is 6. The molecule has 3 aliphatic carbocycles. The largest absolute Gasteiger partial charge is 0.432 e. The van der Waals surface area contributed by atoms with E-state index in [1.54, 1.807) is 6.07 Å². The Morgan fingerprint density at radius 1 is 0.711 bits per heavy atom. The highest BCUT2D eigenvalue weighted by Crippen LogP contribution is 2.48. The summed E-state index contributed by atoms with van der Waals surface area (Å²) in [5.74, 6) is -1.55. The maximum absolute atomic E-state index is 15.4. The Bertz CT molecular complexity index is 1200. The zero-order valence-electron chi connectivity index (χ0n) is 26.8. The Morgan fingerprint density at radius 2 is 1.31 bits per heavy atom. The van der Waals surface area contributed by atoms with Gasteiger partial charge in [-0.3, -0.25) is 4.39 Å². The summed E-state index contributed by atoms with van der Waals surface area (Å²) in [6, 6.07) is 7.42. The Morgan fingerprint density at radius 3 is 1.89 bits per heavy atom. The molecule has 7 heteroatoms. The quantitative estimate of drug-likeness (QED) is 0.166. The van der Waals surface area contributed by atoms with Crippen LogP contribution in [0.1, 0.15) is 138 Å². The van der Waals surface area contributed by atoms with Gasteiger partial charge in [0.05, 0.1) is 12.6 Å². The van der Waals surface area contributed by atoms with Crippen molar-refractivity contribution in [3.63, 3.8) is 0 Å². The van der Waals surface area contributed by atoms with E-state index in [-0.39, 0.29) is 24.6 Å². The topological polar surface area (TPSA) is 9.23 Å². The average Bonchev–Trinajstić information content (AvgIpc) is 3.03. The van der Waals surface area contributed by atoms with Gasteiger partial charge in [0.15, 0.2) is 0 Å². The number of rotatable bonds is 12. The number of unbranched alkanes of at least 4 members (excludes halogenated alkanes) is 2. The van der Waals surface area contributed by atoms with Gasteiger partial charge in [0.1, 0.15) is 23.2 Å². The van der Waals surface area contributed by atoms with Crippen molar-refractivity contribution in [1.82, 2.24) is 0 Å². The van der Waals surface area contributed by atoms with Crippen molar-refractivity contribution in [3.05, 3.63) is 64.5 Å². The van der Waals surface area contributed by atoms with Crippen molar-refractivity contribution in [2.45, 2.75) is 134 Å². The van der Waals surface area contributed by atoms with Crippen molar-refractivity contribution in [2.24, 2.45) is 23.7 Å². The minimum absolute atomic E-state index is 0.0689. The molecule has 0 bridgehead atoms. The van der Waals surface area contributed by atoms with Crippen LogP contribution in [0.2, 0.25) is 0 Å². The molecule has 0 unspecified atom stereocenters. The molecular weight excluding hydrogens is 586 g/mol. The molecule has 0 heterocycles. The Balaban J connectivity index is 1.07. The van der Waals surface area contributed by atoms with E-state index in [2.05, 4.69) is 13.0 Å². The fourth-order valence-electron chi connectivity index (χ4n) is 8.64. The minimum Gasteiger partial charge on any atom is -0.432 e. The van der Waals surface area contributed by atoms with Gasteiger partial charge in [-0.2, -0.15) is 8.78 Å². The lowest BCUT2D eigenvalue weighted by Crippen LogP contribution is -2.38. The summed E-state index contributed by atoms with van der Waals surface area (Å²) in [4.78, 5) is 0. The molecule has 2 aromatic rings. The van der Waals surface area contributed by atoms with E-state index >= 15 is 13.2 Å². The van der Waals surface area contributed by atoms with Crippen LogP contribution < -0.4 is 4.74 Å². The number of alkyl halides is 3. The molecule has 0 radical (unpaired) electrons. The summed E-state index contributed by atoms with van der Waals surface area (Å²) in [5.41, 5.74) is 1.52.